The second-order valence-corrected chi connectivity index (χ2v) is 11.2. The fourth-order valence-electron chi connectivity index (χ4n) is 4.87. The van der Waals surface area contributed by atoms with Crippen LogP contribution in [0.2, 0.25) is 0 Å². The number of fused-ring (bicyclic) bond motifs is 1. The minimum atomic E-state index is -3.81. The van der Waals surface area contributed by atoms with Crippen LogP contribution in [0, 0.1) is 0 Å². The first-order valence-electron chi connectivity index (χ1n) is 13.3. The molecule has 11 nitrogen and oxygen atoms in total. The van der Waals surface area contributed by atoms with Gasteiger partial charge in [-0.25, -0.2) is 22.9 Å². The van der Waals surface area contributed by atoms with Gasteiger partial charge in [-0.1, -0.05) is 19.9 Å². The van der Waals surface area contributed by atoms with Crippen molar-refractivity contribution < 1.29 is 13.2 Å². The van der Waals surface area contributed by atoms with E-state index in [0.717, 1.165) is 12.2 Å². The number of nitrogens with zero attached hydrogens (tertiary/aromatic N) is 6. The van der Waals surface area contributed by atoms with Gasteiger partial charge < -0.3 is 14.6 Å². The number of sulfonamides is 1. The first-order chi connectivity index (χ1) is 18.9. The number of anilines is 1. The van der Waals surface area contributed by atoms with Gasteiger partial charge in [0.05, 0.1) is 22.8 Å². The second kappa shape index (κ2) is 11.1. The van der Waals surface area contributed by atoms with Gasteiger partial charge in [-0.2, -0.15) is 4.31 Å². The maximum atomic E-state index is 13.7. The van der Waals surface area contributed by atoms with E-state index in [9.17, 15) is 13.2 Å². The molecule has 12 heteroatoms. The summed E-state index contributed by atoms with van der Waals surface area (Å²) >= 11 is 0. The van der Waals surface area contributed by atoms with E-state index in [-0.39, 0.29) is 16.3 Å². The van der Waals surface area contributed by atoms with Crippen LogP contribution >= 0.6 is 0 Å². The van der Waals surface area contributed by atoms with Gasteiger partial charge in [-0.15, -0.1) is 5.10 Å². The highest BCUT2D eigenvalue weighted by atomic mass is 32.2. The predicted molar refractivity (Wildman–Crippen MR) is 149 cm³/mol. The number of nitrogens with one attached hydrogen (secondary N) is 1. The summed E-state index contributed by atoms with van der Waals surface area (Å²) in [6.07, 6.45) is 3.84. The molecule has 0 saturated carbocycles. The quantitative estimate of drug-likeness (QED) is 0.337. The van der Waals surface area contributed by atoms with Crippen molar-refractivity contribution in [2.45, 2.75) is 44.9 Å². The fraction of sp³-hybridized carbons (Fsp3) is 0.407. The van der Waals surface area contributed by atoms with Crippen molar-refractivity contribution in [1.29, 1.82) is 0 Å². The minimum Gasteiger partial charge on any atom is -0.493 e. The van der Waals surface area contributed by atoms with Gasteiger partial charge in [0, 0.05) is 38.8 Å². The summed E-state index contributed by atoms with van der Waals surface area (Å²) in [5.41, 5.74) is 1.17. The number of rotatable bonds is 9. The molecule has 1 aliphatic heterocycles. The normalized spacial score (nSPS) is 14.7. The molecule has 1 N–H and O–H groups in total. The Morgan fingerprint density at radius 1 is 1.05 bits per heavy atom. The molecule has 1 aliphatic rings. The molecule has 0 spiro atoms. The molecule has 0 aliphatic carbocycles. The molecule has 0 atom stereocenters. The van der Waals surface area contributed by atoms with E-state index in [0.29, 0.717) is 74.0 Å². The van der Waals surface area contributed by atoms with Crippen molar-refractivity contribution in [3.8, 4) is 17.1 Å². The predicted octanol–water partition coefficient (Wildman–Crippen LogP) is 2.90. The highest BCUT2D eigenvalue weighted by molar-refractivity contribution is 7.89. The van der Waals surface area contributed by atoms with Gasteiger partial charge in [0.2, 0.25) is 10.0 Å². The van der Waals surface area contributed by atoms with Crippen molar-refractivity contribution in [1.82, 2.24) is 28.9 Å². The number of H-pyrrole nitrogens is 1. The lowest BCUT2D eigenvalue weighted by atomic mass is 10.2. The van der Waals surface area contributed by atoms with E-state index in [1.54, 1.807) is 22.8 Å². The molecular weight excluding hydrogens is 518 g/mol. The van der Waals surface area contributed by atoms with Crippen molar-refractivity contribution >= 4 is 21.4 Å². The van der Waals surface area contributed by atoms with Crippen molar-refractivity contribution in [2.75, 3.05) is 37.7 Å². The van der Waals surface area contributed by atoms with E-state index in [1.165, 1.54) is 10.4 Å². The molecule has 4 aromatic rings. The smallest absolute Gasteiger partial charge is 0.277 e. The largest absolute Gasteiger partial charge is 0.493 e. The number of benzene rings is 1. The van der Waals surface area contributed by atoms with Crippen molar-refractivity contribution in [2.24, 2.45) is 0 Å². The van der Waals surface area contributed by atoms with E-state index in [1.807, 2.05) is 39.0 Å². The number of imidazole rings is 1. The zero-order chi connectivity index (χ0) is 27.6. The Morgan fingerprint density at radius 3 is 2.51 bits per heavy atom. The maximum absolute atomic E-state index is 13.7. The molecule has 0 radical (unpaired) electrons. The van der Waals surface area contributed by atoms with Gasteiger partial charge in [-0.05, 0) is 50.1 Å². The molecule has 1 saturated heterocycles. The van der Waals surface area contributed by atoms with Crippen LogP contribution < -0.4 is 15.2 Å². The Morgan fingerprint density at radius 2 is 1.85 bits per heavy atom. The summed E-state index contributed by atoms with van der Waals surface area (Å²) in [5, 5.41) is 4.71. The third kappa shape index (κ3) is 5.13. The van der Waals surface area contributed by atoms with Gasteiger partial charge in [0.1, 0.15) is 17.4 Å². The Balaban J connectivity index is 1.52. The number of aryl methyl sites for hydroxylation is 2. The average molecular weight is 552 g/mol. The molecule has 206 valence electrons. The number of hydrogen-bond acceptors (Lipinski definition) is 8. The maximum Gasteiger partial charge on any atom is 0.277 e. The zero-order valence-corrected chi connectivity index (χ0v) is 23.2. The van der Waals surface area contributed by atoms with Gasteiger partial charge in [0.25, 0.3) is 5.56 Å². The lowest BCUT2D eigenvalue weighted by molar-refractivity contribution is 0.341. The van der Waals surface area contributed by atoms with Gasteiger partial charge in [0.15, 0.2) is 11.3 Å². The molecule has 0 amide bonds. The third-order valence-electron chi connectivity index (χ3n) is 6.80. The second-order valence-electron chi connectivity index (χ2n) is 9.31. The van der Waals surface area contributed by atoms with E-state index in [4.69, 9.17) is 9.84 Å². The standard InChI is InChI=1S/C27H33N7O4S/c1-4-9-24-29-21(5-2)25-27(35)30-26(31-34(24)25)20-18-19(11-12-22(20)38-6-3)39(36,37)33-16-14-32(15-17-33)23-10-7-8-13-28-23/h7-8,10-13,18H,4-6,9,14-17H2,1-3H3,(H,30,31,35). The van der Waals surface area contributed by atoms with Crippen molar-refractivity contribution in [3.63, 3.8) is 0 Å². The average Bonchev–Trinajstić information content (AvgIpc) is 3.32. The number of piperazine rings is 1. The Bertz CT molecular complexity index is 1630. The number of pyridine rings is 1. The van der Waals surface area contributed by atoms with Crippen LogP contribution in [-0.2, 0) is 22.9 Å². The molecule has 1 fully saturated rings. The zero-order valence-electron chi connectivity index (χ0n) is 22.4. The molecule has 3 aromatic heterocycles. The molecule has 5 rings (SSSR count). The van der Waals surface area contributed by atoms with Crippen LogP contribution in [0.25, 0.3) is 16.9 Å². The Kier molecular flexibility index (Phi) is 7.67. The highest BCUT2D eigenvalue weighted by Crippen LogP contribution is 2.32. The Labute approximate surface area is 227 Å². The molecule has 39 heavy (non-hydrogen) atoms. The first kappa shape index (κ1) is 26.8. The van der Waals surface area contributed by atoms with E-state index in [2.05, 4.69) is 19.9 Å². The fourth-order valence-corrected chi connectivity index (χ4v) is 6.32. The minimum absolute atomic E-state index is 0.114. The molecule has 0 bridgehead atoms. The van der Waals surface area contributed by atoms with Crippen LogP contribution in [0.15, 0.2) is 52.3 Å². The van der Waals surface area contributed by atoms with E-state index >= 15 is 0 Å². The number of ether oxygens (including phenoxy) is 1. The summed E-state index contributed by atoms with van der Waals surface area (Å²) in [5.74, 6) is 2.19. The number of aromatic amines is 1. The lowest BCUT2D eigenvalue weighted by Crippen LogP contribution is -2.48. The molecule has 4 heterocycles. The highest BCUT2D eigenvalue weighted by Gasteiger charge is 2.30. The van der Waals surface area contributed by atoms with E-state index < -0.39 is 10.0 Å². The van der Waals surface area contributed by atoms with Gasteiger partial charge >= 0.3 is 0 Å². The van der Waals surface area contributed by atoms with Gasteiger partial charge in [-0.3, -0.25) is 4.79 Å². The Hall–Kier alpha value is -3.77. The monoisotopic (exact) mass is 551 g/mol. The number of hydrogen-bond donors (Lipinski definition) is 1. The summed E-state index contributed by atoms with van der Waals surface area (Å²) in [6.45, 7) is 7.93. The molecule has 0 unspecified atom stereocenters. The topological polar surface area (TPSA) is 126 Å². The van der Waals surface area contributed by atoms with Crippen LogP contribution in [0.3, 0.4) is 0 Å². The number of aromatic nitrogens is 5. The lowest BCUT2D eigenvalue weighted by Gasteiger charge is -2.34. The van der Waals surface area contributed by atoms with Crippen LogP contribution in [0.1, 0.15) is 38.7 Å². The third-order valence-corrected chi connectivity index (χ3v) is 8.70. The summed E-state index contributed by atoms with van der Waals surface area (Å²) in [7, 11) is -3.81. The molecule has 1 aromatic carbocycles. The summed E-state index contributed by atoms with van der Waals surface area (Å²) in [4.78, 5) is 27.2. The summed E-state index contributed by atoms with van der Waals surface area (Å²) in [6, 6.07) is 10.4. The van der Waals surface area contributed by atoms with Crippen LogP contribution in [-0.4, -0.2) is 70.1 Å². The van der Waals surface area contributed by atoms with Crippen LogP contribution in [0.5, 0.6) is 5.75 Å². The van der Waals surface area contributed by atoms with Crippen molar-refractivity contribution in [3.05, 3.63) is 64.5 Å². The SMILES string of the molecule is CCCc1nc(CC)c2c(=O)[nH]c(-c3cc(S(=O)(=O)N4CCN(c5ccccn5)CC4)ccc3OCC)nn12. The van der Waals surface area contributed by atoms with Crippen LogP contribution in [0.4, 0.5) is 5.82 Å². The summed E-state index contributed by atoms with van der Waals surface area (Å²) < 4.78 is 36.3. The molecular formula is C27H33N7O4S. The first-order valence-corrected chi connectivity index (χ1v) is 14.8.